The van der Waals surface area contributed by atoms with Gasteiger partial charge in [-0.25, -0.2) is 4.98 Å². The molecule has 2 aromatic rings. The van der Waals surface area contributed by atoms with Crippen molar-refractivity contribution in [3.8, 4) is 0 Å². The number of benzene rings is 1. The van der Waals surface area contributed by atoms with E-state index in [4.69, 9.17) is 0 Å². The molecule has 1 aliphatic carbocycles. The third kappa shape index (κ3) is 3.19. The van der Waals surface area contributed by atoms with Gasteiger partial charge in [0.2, 0.25) is 0 Å². The summed E-state index contributed by atoms with van der Waals surface area (Å²) in [5.74, 6) is 0. The lowest BCUT2D eigenvalue weighted by Crippen LogP contribution is -2.42. The molecule has 112 valence electrons. The molecule has 1 aliphatic rings. The topological polar surface area (TPSA) is 24.9 Å². The molecule has 1 aromatic heterocycles. The Kier molecular flexibility index (Phi) is 4.41. The molecule has 0 aliphatic heterocycles. The van der Waals surface area contributed by atoms with Crippen molar-refractivity contribution in [3.05, 3.63) is 52.0 Å². The van der Waals surface area contributed by atoms with E-state index in [2.05, 4.69) is 59.9 Å². The maximum absolute atomic E-state index is 4.67. The number of nitrogens with one attached hydrogen (secondary N) is 1. The molecule has 1 N–H and O–H groups in total. The molecular weight excluding hydrogens is 276 g/mol. The Hall–Kier alpha value is -1.19. The van der Waals surface area contributed by atoms with Crippen LogP contribution in [0, 0.1) is 6.92 Å². The van der Waals surface area contributed by atoms with Crippen LogP contribution in [0.1, 0.15) is 42.5 Å². The summed E-state index contributed by atoms with van der Waals surface area (Å²) >= 11 is 1.80. The fourth-order valence-corrected chi connectivity index (χ4v) is 4.01. The standard InChI is InChI=1S/C18H24N2S/c1-3-11-19-16(12-17-20-14(2)13-21-17)18(9-10-18)15-7-5-4-6-8-15/h4-8,13,16,19H,3,9-12H2,1-2H3. The molecule has 1 atom stereocenters. The second-order valence-corrected chi connectivity index (χ2v) is 7.06. The minimum atomic E-state index is 0.329. The third-order valence-electron chi connectivity index (χ3n) is 4.49. The van der Waals surface area contributed by atoms with Crippen LogP contribution in [-0.4, -0.2) is 17.6 Å². The summed E-state index contributed by atoms with van der Waals surface area (Å²) in [5.41, 5.74) is 2.97. The molecule has 1 unspecified atom stereocenters. The van der Waals surface area contributed by atoms with Crippen LogP contribution in [0.5, 0.6) is 0 Å². The van der Waals surface area contributed by atoms with Gasteiger partial charge in [0.25, 0.3) is 0 Å². The maximum Gasteiger partial charge on any atom is 0.0943 e. The van der Waals surface area contributed by atoms with Crippen molar-refractivity contribution in [2.75, 3.05) is 6.54 Å². The van der Waals surface area contributed by atoms with E-state index in [0.717, 1.165) is 18.7 Å². The molecular formula is C18H24N2S. The van der Waals surface area contributed by atoms with Gasteiger partial charge in [0, 0.05) is 29.0 Å². The highest BCUT2D eigenvalue weighted by Crippen LogP contribution is 2.51. The molecule has 0 amide bonds. The molecule has 2 nitrogen and oxygen atoms in total. The van der Waals surface area contributed by atoms with Gasteiger partial charge in [-0.15, -0.1) is 11.3 Å². The lowest BCUT2D eigenvalue weighted by atomic mass is 9.86. The molecule has 1 aromatic carbocycles. The monoisotopic (exact) mass is 300 g/mol. The Morgan fingerprint density at radius 3 is 2.62 bits per heavy atom. The Morgan fingerprint density at radius 1 is 1.29 bits per heavy atom. The zero-order chi connectivity index (χ0) is 14.7. The molecule has 0 radical (unpaired) electrons. The van der Waals surface area contributed by atoms with E-state index < -0.39 is 0 Å². The lowest BCUT2D eigenvalue weighted by molar-refractivity contribution is 0.412. The molecule has 0 bridgehead atoms. The number of aromatic nitrogens is 1. The number of hydrogen-bond donors (Lipinski definition) is 1. The first-order valence-electron chi connectivity index (χ1n) is 7.94. The summed E-state index contributed by atoms with van der Waals surface area (Å²) in [4.78, 5) is 4.67. The second-order valence-electron chi connectivity index (χ2n) is 6.12. The molecule has 1 saturated carbocycles. The smallest absolute Gasteiger partial charge is 0.0943 e. The van der Waals surface area contributed by atoms with Gasteiger partial charge < -0.3 is 5.32 Å². The van der Waals surface area contributed by atoms with Crippen LogP contribution in [-0.2, 0) is 11.8 Å². The first-order chi connectivity index (χ1) is 10.2. The van der Waals surface area contributed by atoms with Gasteiger partial charge in [-0.1, -0.05) is 37.3 Å². The van der Waals surface area contributed by atoms with Crippen molar-refractivity contribution >= 4 is 11.3 Å². The van der Waals surface area contributed by atoms with Crippen molar-refractivity contribution in [2.24, 2.45) is 0 Å². The summed E-state index contributed by atoms with van der Waals surface area (Å²) in [6, 6.07) is 11.5. The Labute approximate surface area is 131 Å². The molecule has 1 fully saturated rings. The van der Waals surface area contributed by atoms with Gasteiger partial charge >= 0.3 is 0 Å². The summed E-state index contributed by atoms with van der Waals surface area (Å²) in [5, 5.41) is 7.22. The van der Waals surface area contributed by atoms with E-state index in [0.29, 0.717) is 11.5 Å². The fraction of sp³-hybridized carbons (Fsp3) is 0.500. The zero-order valence-electron chi connectivity index (χ0n) is 12.9. The Balaban J connectivity index is 1.82. The molecule has 0 spiro atoms. The van der Waals surface area contributed by atoms with E-state index in [-0.39, 0.29) is 0 Å². The quantitative estimate of drug-likeness (QED) is 0.833. The number of hydrogen-bond acceptors (Lipinski definition) is 3. The minimum absolute atomic E-state index is 0.329. The average molecular weight is 300 g/mol. The number of rotatable bonds is 7. The lowest BCUT2D eigenvalue weighted by Gasteiger charge is -2.28. The van der Waals surface area contributed by atoms with Crippen LogP contribution in [0.2, 0.25) is 0 Å². The number of nitrogens with zero attached hydrogens (tertiary/aromatic N) is 1. The van der Waals surface area contributed by atoms with Gasteiger partial charge in [-0.3, -0.25) is 0 Å². The highest BCUT2D eigenvalue weighted by molar-refractivity contribution is 7.09. The average Bonchev–Trinajstić information content (AvgIpc) is 3.22. The SMILES string of the molecule is CCCNC(Cc1nc(C)cs1)C1(c2ccccc2)CC1. The predicted molar refractivity (Wildman–Crippen MR) is 90.0 cm³/mol. The first-order valence-corrected chi connectivity index (χ1v) is 8.82. The van der Waals surface area contributed by atoms with Gasteiger partial charge in [0.1, 0.15) is 0 Å². The summed E-state index contributed by atoms with van der Waals surface area (Å²) < 4.78 is 0. The second kappa shape index (κ2) is 6.29. The molecule has 3 heteroatoms. The molecule has 0 saturated heterocycles. The third-order valence-corrected chi connectivity index (χ3v) is 5.48. The van der Waals surface area contributed by atoms with Gasteiger partial charge in [-0.2, -0.15) is 0 Å². The summed E-state index contributed by atoms with van der Waals surface area (Å²) in [7, 11) is 0. The molecule has 3 rings (SSSR count). The van der Waals surface area contributed by atoms with E-state index in [1.165, 1.54) is 29.8 Å². The largest absolute Gasteiger partial charge is 0.313 e. The molecule has 21 heavy (non-hydrogen) atoms. The van der Waals surface area contributed by atoms with Crippen molar-refractivity contribution in [1.29, 1.82) is 0 Å². The number of aryl methyl sites for hydroxylation is 1. The minimum Gasteiger partial charge on any atom is -0.313 e. The van der Waals surface area contributed by atoms with Crippen LogP contribution in [0.3, 0.4) is 0 Å². The Bertz CT molecular complexity index is 572. The Morgan fingerprint density at radius 2 is 2.05 bits per heavy atom. The van der Waals surface area contributed by atoms with E-state index >= 15 is 0 Å². The van der Waals surface area contributed by atoms with Crippen molar-refractivity contribution in [1.82, 2.24) is 10.3 Å². The van der Waals surface area contributed by atoms with Crippen LogP contribution < -0.4 is 5.32 Å². The predicted octanol–water partition coefficient (Wildman–Crippen LogP) is 4.09. The van der Waals surface area contributed by atoms with Crippen molar-refractivity contribution < 1.29 is 0 Å². The number of thiazole rings is 1. The van der Waals surface area contributed by atoms with Gasteiger partial charge in [-0.05, 0) is 38.3 Å². The van der Waals surface area contributed by atoms with Crippen LogP contribution in [0.4, 0.5) is 0 Å². The maximum atomic E-state index is 4.67. The van der Waals surface area contributed by atoms with E-state index in [1.807, 2.05) is 0 Å². The van der Waals surface area contributed by atoms with E-state index in [1.54, 1.807) is 11.3 Å². The molecule has 1 heterocycles. The fourth-order valence-electron chi connectivity index (χ4n) is 3.20. The highest BCUT2D eigenvalue weighted by atomic mass is 32.1. The first kappa shape index (κ1) is 14.7. The summed E-state index contributed by atoms with van der Waals surface area (Å²) in [6.45, 7) is 5.40. The van der Waals surface area contributed by atoms with Gasteiger partial charge in [0.15, 0.2) is 0 Å². The highest BCUT2D eigenvalue weighted by Gasteiger charge is 2.50. The van der Waals surface area contributed by atoms with Crippen molar-refractivity contribution in [2.45, 2.75) is 51.0 Å². The summed E-state index contributed by atoms with van der Waals surface area (Å²) in [6.07, 6.45) is 4.82. The zero-order valence-corrected chi connectivity index (χ0v) is 13.7. The van der Waals surface area contributed by atoms with Gasteiger partial charge in [0.05, 0.1) is 5.01 Å². The van der Waals surface area contributed by atoms with Crippen LogP contribution >= 0.6 is 11.3 Å². The van der Waals surface area contributed by atoms with Crippen LogP contribution in [0.25, 0.3) is 0 Å². The van der Waals surface area contributed by atoms with E-state index in [9.17, 15) is 0 Å². The van der Waals surface area contributed by atoms with Crippen LogP contribution in [0.15, 0.2) is 35.7 Å². The normalized spacial score (nSPS) is 17.6. The van der Waals surface area contributed by atoms with Crippen molar-refractivity contribution in [3.63, 3.8) is 0 Å².